The Bertz CT molecular complexity index is 966. The first-order valence-electron chi connectivity index (χ1n) is 8.80. The number of hydrogen-bond donors (Lipinski definition) is 1. The number of thioether (sulfide) groups is 1. The van der Waals surface area contributed by atoms with Crippen LogP contribution in [-0.2, 0) is 23.8 Å². The van der Waals surface area contributed by atoms with Gasteiger partial charge in [0.25, 0.3) is 5.69 Å². The number of halogens is 3. The Morgan fingerprint density at radius 1 is 1.28 bits per heavy atom. The van der Waals surface area contributed by atoms with E-state index in [0.29, 0.717) is 30.5 Å². The minimum Gasteiger partial charge on any atom is -0.325 e. The zero-order valence-corrected chi connectivity index (χ0v) is 16.2. The third-order valence-corrected chi connectivity index (χ3v) is 5.30. The monoisotopic (exact) mass is 426 g/mol. The van der Waals surface area contributed by atoms with Crippen molar-refractivity contribution in [2.45, 2.75) is 43.9 Å². The molecule has 0 atom stereocenters. The lowest BCUT2D eigenvalue weighted by molar-refractivity contribution is -0.385. The van der Waals surface area contributed by atoms with Gasteiger partial charge in [0.15, 0.2) is 10.9 Å². The molecule has 0 saturated heterocycles. The van der Waals surface area contributed by atoms with Crippen molar-refractivity contribution in [3.63, 3.8) is 0 Å². The number of aryl methyl sites for hydroxylation is 2. The fraction of sp³-hybridized carbons (Fsp3) is 0.389. The normalized spacial score (nSPS) is 13.7. The second-order valence-corrected chi connectivity index (χ2v) is 7.52. The third kappa shape index (κ3) is 5.03. The zero-order valence-electron chi connectivity index (χ0n) is 15.4. The average molecular weight is 426 g/mol. The van der Waals surface area contributed by atoms with Crippen molar-refractivity contribution in [2.75, 3.05) is 11.1 Å². The first-order valence-corrected chi connectivity index (χ1v) is 9.78. The second kappa shape index (κ2) is 8.36. The van der Waals surface area contributed by atoms with Crippen LogP contribution in [0.3, 0.4) is 0 Å². The Labute approximate surface area is 168 Å². The molecule has 0 aliphatic heterocycles. The number of hydrogen-bond acceptors (Lipinski definition) is 6. The summed E-state index contributed by atoms with van der Waals surface area (Å²) in [5.41, 5.74) is 0.141. The fourth-order valence-electron chi connectivity index (χ4n) is 3.08. The summed E-state index contributed by atoms with van der Waals surface area (Å²) in [6.07, 6.45) is -2.41. The number of nitro benzene ring substituents is 1. The lowest BCUT2D eigenvalue weighted by atomic mass is 9.94. The fourth-order valence-corrected chi connectivity index (χ4v) is 3.74. The summed E-state index contributed by atoms with van der Waals surface area (Å²) in [5, 5.41) is 13.4. The number of nitrogens with one attached hydrogen (secondary N) is 1. The van der Waals surface area contributed by atoms with Gasteiger partial charge in [-0.15, -0.1) is 0 Å². The zero-order chi connectivity index (χ0) is 21.2. The van der Waals surface area contributed by atoms with Gasteiger partial charge in [0.05, 0.1) is 10.7 Å². The van der Waals surface area contributed by atoms with Gasteiger partial charge in [-0.05, 0) is 38.7 Å². The molecule has 0 bridgehead atoms. The Morgan fingerprint density at radius 3 is 2.69 bits per heavy atom. The first kappa shape index (κ1) is 21.0. The SMILES string of the molecule is Cc1ccc(NC(=O)CSc2nc3c(c(C(F)(F)F)n2)CCCC3)cc1[N+](=O)[O-]. The topological polar surface area (TPSA) is 98.0 Å². The number of benzene rings is 1. The highest BCUT2D eigenvalue weighted by Gasteiger charge is 2.38. The van der Waals surface area contributed by atoms with Crippen LogP contribution in [0.1, 0.15) is 35.4 Å². The van der Waals surface area contributed by atoms with Crippen molar-refractivity contribution in [3.05, 3.63) is 50.8 Å². The van der Waals surface area contributed by atoms with E-state index >= 15 is 0 Å². The van der Waals surface area contributed by atoms with E-state index < -0.39 is 22.7 Å². The van der Waals surface area contributed by atoms with Gasteiger partial charge < -0.3 is 5.32 Å². The molecule has 0 fully saturated rings. The van der Waals surface area contributed by atoms with Crippen molar-refractivity contribution in [3.8, 4) is 0 Å². The molecule has 0 saturated carbocycles. The molecule has 11 heteroatoms. The number of anilines is 1. The van der Waals surface area contributed by atoms with Crippen molar-refractivity contribution < 1.29 is 22.9 Å². The van der Waals surface area contributed by atoms with Gasteiger partial charge in [-0.1, -0.05) is 17.8 Å². The Morgan fingerprint density at radius 2 is 2.00 bits per heavy atom. The summed E-state index contributed by atoms with van der Waals surface area (Å²) in [4.78, 5) is 30.4. The van der Waals surface area contributed by atoms with Crippen LogP contribution in [0.15, 0.2) is 23.4 Å². The van der Waals surface area contributed by atoms with Crippen molar-refractivity contribution in [2.24, 2.45) is 0 Å². The van der Waals surface area contributed by atoms with Crippen molar-refractivity contribution in [1.82, 2.24) is 9.97 Å². The predicted molar refractivity (Wildman–Crippen MR) is 101 cm³/mol. The van der Waals surface area contributed by atoms with Gasteiger partial charge in [0.2, 0.25) is 5.91 Å². The molecular formula is C18H17F3N4O3S. The van der Waals surface area contributed by atoms with Crippen LogP contribution in [0.2, 0.25) is 0 Å². The highest BCUT2D eigenvalue weighted by atomic mass is 32.2. The summed E-state index contributed by atoms with van der Waals surface area (Å²) in [6, 6.07) is 4.25. The minimum absolute atomic E-state index is 0.108. The average Bonchev–Trinajstić information content (AvgIpc) is 2.66. The smallest absolute Gasteiger partial charge is 0.325 e. The van der Waals surface area contributed by atoms with E-state index in [9.17, 15) is 28.1 Å². The minimum atomic E-state index is -4.58. The molecule has 2 aromatic rings. The number of alkyl halides is 3. The van der Waals surface area contributed by atoms with Crippen LogP contribution in [0.5, 0.6) is 0 Å². The molecule has 1 N–H and O–H groups in total. The number of aromatic nitrogens is 2. The van der Waals surface area contributed by atoms with Gasteiger partial charge in [0, 0.05) is 28.6 Å². The molecule has 1 aromatic carbocycles. The van der Waals surface area contributed by atoms with Crippen LogP contribution in [0.4, 0.5) is 24.5 Å². The number of rotatable bonds is 5. The third-order valence-electron chi connectivity index (χ3n) is 4.45. The Hall–Kier alpha value is -2.69. The number of nitrogens with zero attached hydrogens (tertiary/aromatic N) is 3. The molecule has 154 valence electrons. The van der Waals surface area contributed by atoms with Crippen LogP contribution in [0.25, 0.3) is 0 Å². The quantitative estimate of drug-likeness (QED) is 0.331. The van der Waals surface area contributed by atoms with Crippen molar-refractivity contribution >= 4 is 29.0 Å². The van der Waals surface area contributed by atoms with E-state index in [1.165, 1.54) is 18.2 Å². The summed E-state index contributed by atoms with van der Waals surface area (Å²) in [5.74, 6) is -0.749. The molecule has 7 nitrogen and oxygen atoms in total. The number of fused-ring (bicyclic) bond motifs is 1. The molecule has 0 spiro atoms. The highest BCUT2D eigenvalue weighted by molar-refractivity contribution is 7.99. The largest absolute Gasteiger partial charge is 0.433 e. The molecule has 0 unspecified atom stereocenters. The standard InChI is InChI=1S/C18H17F3N4O3S/c1-10-6-7-11(8-14(10)25(27)28)22-15(26)9-29-17-23-13-5-3-2-4-12(13)16(24-17)18(19,20)21/h6-8H,2-5,9H2,1H3,(H,22,26). The maximum absolute atomic E-state index is 13.3. The van der Waals surface area contributed by atoms with E-state index in [-0.39, 0.29) is 27.8 Å². The van der Waals surface area contributed by atoms with Gasteiger partial charge >= 0.3 is 6.18 Å². The maximum Gasteiger partial charge on any atom is 0.433 e. The summed E-state index contributed by atoms with van der Waals surface area (Å²) < 4.78 is 40.0. The van der Waals surface area contributed by atoms with Gasteiger partial charge in [-0.2, -0.15) is 13.2 Å². The van der Waals surface area contributed by atoms with Crippen molar-refractivity contribution in [1.29, 1.82) is 0 Å². The summed E-state index contributed by atoms with van der Waals surface area (Å²) >= 11 is 0.796. The van der Waals surface area contributed by atoms with Crippen LogP contribution >= 0.6 is 11.8 Å². The lowest BCUT2D eigenvalue weighted by Crippen LogP contribution is -2.20. The number of carbonyl (C=O) groups is 1. The van der Waals surface area contributed by atoms with E-state index in [2.05, 4.69) is 15.3 Å². The van der Waals surface area contributed by atoms with E-state index in [4.69, 9.17) is 0 Å². The van der Waals surface area contributed by atoms with Crippen LogP contribution in [0, 0.1) is 17.0 Å². The van der Waals surface area contributed by atoms with Crippen LogP contribution < -0.4 is 5.32 Å². The molecule has 1 heterocycles. The second-order valence-electron chi connectivity index (χ2n) is 6.58. The molecule has 1 amide bonds. The van der Waals surface area contributed by atoms with Gasteiger partial charge in [-0.25, -0.2) is 9.97 Å². The molecular weight excluding hydrogens is 409 g/mol. The molecule has 1 aliphatic rings. The predicted octanol–water partition coefficient (Wildman–Crippen LogP) is 4.32. The van der Waals surface area contributed by atoms with Gasteiger partial charge in [0.1, 0.15) is 0 Å². The first-order chi connectivity index (χ1) is 13.6. The van der Waals surface area contributed by atoms with Gasteiger partial charge in [-0.3, -0.25) is 14.9 Å². The Balaban J connectivity index is 1.72. The molecule has 29 heavy (non-hydrogen) atoms. The highest BCUT2D eigenvalue weighted by Crippen LogP contribution is 2.35. The number of nitro groups is 1. The molecule has 0 radical (unpaired) electrons. The number of amides is 1. The summed E-state index contributed by atoms with van der Waals surface area (Å²) in [6.45, 7) is 1.57. The molecule has 3 rings (SSSR count). The number of carbonyl (C=O) groups excluding carboxylic acids is 1. The Kier molecular flexibility index (Phi) is 6.06. The van der Waals surface area contributed by atoms with E-state index in [1.54, 1.807) is 6.92 Å². The summed E-state index contributed by atoms with van der Waals surface area (Å²) in [7, 11) is 0. The van der Waals surface area contributed by atoms with E-state index in [0.717, 1.165) is 18.2 Å². The van der Waals surface area contributed by atoms with Crippen LogP contribution in [-0.4, -0.2) is 26.6 Å². The van der Waals surface area contributed by atoms with E-state index in [1.807, 2.05) is 0 Å². The lowest BCUT2D eigenvalue weighted by Gasteiger charge is -2.20. The molecule has 1 aliphatic carbocycles. The maximum atomic E-state index is 13.3. The molecule has 1 aromatic heterocycles.